The van der Waals surface area contributed by atoms with Gasteiger partial charge in [-0.15, -0.1) is 0 Å². The summed E-state index contributed by atoms with van der Waals surface area (Å²) in [6, 6.07) is 12.1. The van der Waals surface area contributed by atoms with Crippen molar-refractivity contribution < 1.29 is 14.3 Å². The lowest BCUT2D eigenvalue weighted by Gasteiger charge is -2.29. The normalized spacial score (nSPS) is 16.6. The molecule has 1 aliphatic heterocycles. The fourth-order valence-electron chi connectivity index (χ4n) is 3.97. The van der Waals surface area contributed by atoms with Gasteiger partial charge >= 0.3 is 5.97 Å². The number of esters is 1. The van der Waals surface area contributed by atoms with E-state index in [2.05, 4.69) is 43.9 Å². The molecule has 0 aromatic heterocycles. The van der Waals surface area contributed by atoms with Gasteiger partial charge < -0.3 is 14.4 Å². The van der Waals surface area contributed by atoms with E-state index in [9.17, 15) is 4.79 Å². The SMILES string of the molecule is COC(=O)[C@@H]1CCCN1c1c(C)cc(C)c(OCc2ccccc2)c1C. The minimum Gasteiger partial charge on any atom is -0.488 e. The maximum atomic E-state index is 12.2. The predicted octanol–water partition coefficient (Wildman–Crippen LogP) is 4.33. The summed E-state index contributed by atoms with van der Waals surface area (Å²) in [5.41, 5.74) is 5.62. The fraction of sp³-hybridized carbons (Fsp3) is 0.409. The number of hydrogen-bond acceptors (Lipinski definition) is 4. The highest BCUT2D eigenvalue weighted by molar-refractivity contribution is 5.82. The van der Waals surface area contributed by atoms with Gasteiger partial charge in [0.25, 0.3) is 0 Å². The van der Waals surface area contributed by atoms with Crippen molar-refractivity contribution >= 4 is 11.7 Å². The molecule has 138 valence electrons. The number of nitrogens with zero attached hydrogens (tertiary/aromatic N) is 1. The molecule has 4 nitrogen and oxygen atoms in total. The summed E-state index contributed by atoms with van der Waals surface area (Å²) >= 11 is 0. The molecule has 0 saturated carbocycles. The average Bonchev–Trinajstić information content (AvgIpc) is 3.10. The molecule has 0 unspecified atom stereocenters. The molecule has 0 radical (unpaired) electrons. The van der Waals surface area contributed by atoms with Crippen LogP contribution in [0.3, 0.4) is 0 Å². The van der Waals surface area contributed by atoms with Gasteiger partial charge in [-0.3, -0.25) is 0 Å². The van der Waals surface area contributed by atoms with Crippen LogP contribution >= 0.6 is 0 Å². The molecule has 26 heavy (non-hydrogen) atoms. The van der Waals surface area contributed by atoms with Crippen LogP contribution in [0.2, 0.25) is 0 Å². The van der Waals surface area contributed by atoms with Crippen molar-refractivity contribution in [1.82, 2.24) is 0 Å². The van der Waals surface area contributed by atoms with Crippen molar-refractivity contribution in [3.63, 3.8) is 0 Å². The number of rotatable bonds is 5. The molecule has 1 fully saturated rings. The Morgan fingerprint density at radius 1 is 1.15 bits per heavy atom. The lowest BCUT2D eigenvalue weighted by molar-refractivity contribution is -0.141. The van der Waals surface area contributed by atoms with Gasteiger partial charge in [0.1, 0.15) is 18.4 Å². The first-order valence-corrected chi connectivity index (χ1v) is 9.15. The number of carbonyl (C=O) groups excluding carboxylic acids is 1. The van der Waals surface area contributed by atoms with Crippen LogP contribution in [0.4, 0.5) is 5.69 Å². The molecular weight excluding hydrogens is 326 g/mol. The van der Waals surface area contributed by atoms with Crippen LogP contribution in [-0.4, -0.2) is 25.7 Å². The average molecular weight is 353 g/mol. The Morgan fingerprint density at radius 3 is 2.58 bits per heavy atom. The first-order chi connectivity index (χ1) is 12.5. The highest BCUT2D eigenvalue weighted by Gasteiger charge is 2.34. The maximum absolute atomic E-state index is 12.2. The number of carbonyl (C=O) groups is 1. The Hall–Kier alpha value is -2.49. The van der Waals surface area contributed by atoms with E-state index in [0.29, 0.717) is 6.61 Å². The minimum atomic E-state index is -0.206. The van der Waals surface area contributed by atoms with E-state index in [1.807, 2.05) is 18.2 Å². The topological polar surface area (TPSA) is 38.8 Å². The zero-order valence-electron chi connectivity index (χ0n) is 16.0. The van der Waals surface area contributed by atoms with Crippen molar-refractivity contribution in [3.05, 3.63) is 58.7 Å². The molecule has 1 heterocycles. The first kappa shape index (κ1) is 18.3. The van der Waals surface area contributed by atoms with Crippen molar-refractivity contribution in [2.45, 2.75) is 46.3 Å². The van der Waals surface area contributed by atoms with Crippen LogP contribution in [0.5, 0.6) is 5.75 Å². The molecule has 2 aromatic rings. The molecule has 0 bridgehead atoms. The first-order valence-electron chi connectivity index (χ1n) is 9.15. The maximum Gasteiger partial charge on any atom is 0.328 e. The second-order valence-electron chi connectivity index (χ2n) is 6.96. The molecule has 1 saturated heterocycles. The summed E-state index contributed by atoms with van der Waals surface area (Å²) in [6.07, 6.45) is 1.83. The summed E-state index contributed by atoms with van der Waals surface area (Å²) in [4.78, 5) is 14.4. The highest BCUT2D eigenvalue weighted by atomic mass is 16.5. The van der Waals surface area contributed by atoms with Crippen LogP contribution in [0.1, 0.15) is 35.1 Å². The highest BCUT2D eigenvalue weighted by Crippen LogP contribution is 2.39. The molecule has 0 spiro atoms. The second kappa shape index (κ2) is 7.81. The predicted molar refractivity (Wildman–Crippen MR) is 104 cm³/mol. The van der Waals surface area contributed by atoms with Gasteiger partial charge in [-0.2, -0.15) is 0 Å². The number of aryl methyl sites for hydroxylation is 2. The Balaban J connectivity index is 1.92. The van der Waals surface area contributed by atoms with Crippen LogP contribution in [0.15, 0.2) is 36.4 Å². The molecule has 1 aliphatic rings. The van der Waals surface area contributed by atoms with E-state index < -0.39 is 0 Å². The monoisotopic (exact) mass is 353 g/mol. The molecule has 0 amide bonds. The van der Waals surface area contributed by atoms with Gasteiger partial charge in [0.05, 0.1) is 7.11 Å². The van der Waals surface area contributed by atoms with Gasteiger partial charge in [0, 0.05) is 17.8 Å². The second-order valence-corrected chi connectivity index (χ2v) is 6.96. The van der Waals surface area contributed by atoms with Crippen molar-refractivity contribution in [2.75, 3.05) is 18.6 Å². The van der Waals surface area contributed by atoms with E-state index >= 15 is 0 Å². The third kappa shape index (κ3) is 3.55. The quantitative estimate of drug-likeness (QED) is 0.750. The number of anilines is 1. The summed E-state index contributed by atoms with van der Waals surface area (Å²) in [7, 11) is 1.46. The van der Waals surface area contributed by atoms with Gasteiger partial charge in [-0.1, -0.05) is 36.4 Å². The van der Waals surface area contributed by atoms with E-state index in [0.717, 1.165) is 47.5 Å². The Labute approximate surface area is 155 Å². The summed E-state index contributed by atoms with van der Waals surface area (Å²) in [5, 5.41) is 0. The zero-order chi connectivity index (χ0) is 18.7. The third-order valence-electron chi connectivity index (χ3n) is 5.10. The minimum absolute atomic E-state index is 0.159. The smallest absolute Gasteiger partial charge is 0.328 e. The Kier molecular flexibility index (Phi) is 5.50. The van der Waals surface area contributed by atoms with Gasteiger partial charge in [0.15, 0.2) is 0 Å². The van der Waals surface area contributed by atoms with Crippen molar-refractivity contribution in [1.29, 1.82) is 0 Å². The molecule has 0 aliphatic carbocycles. The number of ether oxygens (including phenoxy) is 2. The van der Waals surface area contributed by atoms with E-state index in [-0.39, 0.29) is 12.0 Å². The van der Waals surface area contributed by atoms with Crippen LogP contribution < -0.4 is 9.64 Å². The summed E-state index contributed by atoms with van der Waals surface area (Å²) in [5.74, 6) is 0.749. The lowest BCUT2D eigenvalue weighted by atomic mass is 10.0. The van der Waals surface area contributed by atoms with Crippen molar-refractivity contribution in [3.8, 4) is 5.75 Å². The van der Waals surface area contributed by atoms with Crippen molar-refractivity contribution in [2.24, 2.45) is 0 Å². The van der Waals surface area contributed by atoms with E-state index in [1.165, 1.54) is 12.7 Å². The van der Waals surface area contributed by atoms with Crippen LogP contribution in [0, 0.1) is 20.8 Å². The summed E-state index contributed by atoms with van der Waals surface area (Å²) < 4.78 is 11.2. The zero-order valence-corrected chi connectivity index (χ0v) is 16.0. The largest absolute Gasteiger partial charge is 0.488 e. The molecule has 4 heteroatoms. The van der Waals surface area contributed by atoms with Gasteiger partial charge in [0.2, 0.25) is 0 Å². The van der Waals surface area contributed by atoms with Crippen LogP contribution in [-0.2, 0) is 16.1 Å². The standard InChI is InChI=1S/C22H27NO3/c1-15-13-16(2)21(26-14-18-9-6-5-7-10-18)17(3)20(15)23-12-8-11-19(23)22(24)25-4/h5-7,9-10,13,19H,8,11-12,14H2,1-4H3/t19-/m0/s1. The lowest BCUT2D eigenvalue weighted by Crippen LogP contribution is -2.37. The molecule has 3 rings (SSSR count). The molecule has 1 atom stereocenters. The van der Waals surface area contributed by atoms with Gasteiger partial charge in [-0.05, 0) is 50.3 Å². The fourth-order valence-corrected chi connectivity index (χ4v) is 3.97. The number of methoxy groups -OCH3 is 1. The Bertz CT molecular complexity index is 786. The molecule has 2 aromatic carbocycles. The third-order valence-corrected chi connectivity index (χ3v) is 5.10. The van der Waals surface area contributed by atoms with E-state index in [1.54, 1.807) is 0 Å². The number of hydrogen-bond donors (Lipinski definition) is 0. The Morgan fingerprint density at radius 2 is 1.88 bits per heavy atom. The number of benzene rings is 2. The molecule has 0 N–H and O–H groups in total. The summed E-state index contributed by atoms with van der Waals surface area (Å²) in [6.45, 7) is 7.66. The van der Waals surface area contributed by atoms with E-state index in [4.69, 9.17) is 9.47 Å². The molecular formula is C22H27NO3. The van der Waals surface area contributed by atoms with Gasteiger partial charge in [-0.25, -0.2) is 4.79 Å². The van der Waals surface area contributed by atoms with Crippen LogP contribution in [0.25, 0.3) is 0 Å².